The largest absolute Gasteiger partial charge is 0.445 e. The van der Waals surface area contributed by atoms with Gasteiger partial charge in [-0.15, -0.1) is 0 Å². The van der Waals surface area contributed by atoms with Crippen LogP contribution in [0.2, 0.25) is 0 Å². The van der Waals surface area contributed by atoms with Crippen LogP contribution >= 0.6 is 0 Å². The summed E-state index contributed by atoms with van der Waals surface area (Å²) in [5, 5.41) is 2.91. The van der Waals surface area contributed by atoms with Gasteiger partial charge in [-0.2, -0.15) is 0 Å². The lowest BCUT2D eigenvalue weighted by Gasteiger charge is -2.32. The number of alkyl carbamates (subject to hydrolysis) is 1. The average Bonchev–Trinajstić information content (AvgIpc) is 2.48. The van der Waals surface area contributed by atoms with Gasteiger partial charge in [0.1, 0.15) is 6.61 Å². The summed E-state index contributed by atoms with van der Waals surface area (Å²) in [6.07, 6.45) is 2.17. The van der Waals surface area contributed by atoms with Crippen LogP contribution in [0.4, 0.5) is 4.79 Å². The molecular formula is C17H26N2O2. The van der Waals surface area contributed by atoms with E-state index in [-0.39, 0.29) is 12.1 Å². The van der Waals surface area contributed by atoms with Gasteiger partial charge in [-0.3, -0.25) is 0 Å². The highest BCUT2D eigenvalue weighted by Gasteiger charge is 2.18. The Kier molecular flexibility index (Phi) is 6.05. The van der Waals surface area contributed by atoms with Crippen LogP contribution in [0.15, 0.2) is 30.3 Å². The summed E-state index contributed by atoms with van der Waals surface area (Å²) < 4.78 is 5.24. The van der Waals surface area contributed by atoms with Crippen molar-refractivity contribution in [2.45, 2.75) is 39.3 Å². The smallest absolute Gasteiger partial charge is 0.407 e. The maximum Gasteiger partial charge on any atom is 0.407 e. The molecule has 2 rings (SSSR count). The second-order valence-electron chi connectivity index (χ2n) is 6.09. The van der Waals surface area contributed by atoms with Crippen molar-refractivity contribution < 1.29 is 9.53 Å². The highest BCUT2D eigenvalue weighted by Crippen LogP contribution is 2.15. The second-order valence-corrected chi connectivity index (χ2v) is 6.09. The van der Waals surface area contributed by atoms with Crippen molar-refractivity contribution in [1.29, 1.82) is 0 Å². The topological polar surface area (TPSA) is 41.6 Å². The normalized spacial score (nSPS) is 18.2. The Morgan fingerprint density at radius 2 is 2.00 bits per heavy atom. The van der Waals surface area contributed by atoms with Gasteiger partial charge in [0.25, 0.3) is 0 Å². The quantitative estimate of drug-likeness (QED) is 0.906. The lowest BCUT2D eigenvalue weighted by Crippen LogP contribution is -2.44. The number of carbonyl (C=O) groups is 1. The molecule has 1 atom stereocenters. The van der Waals surface area contributed by atoms with E-state index < -0.39 is 0 Å². The predicted molar refractivity (Wildman–Crippen MR) is 84.1 cm³/mol. The number of ether oxygens (including phenoxy) is 1. The molecule has 1 aromatic rings. The van der Waals surface area contributed by atoms with Crippen LogP contribution in [0.1, 0.15) is 32.3 Å². The van der Waals surface area contributed by atoms with Gasteiger partial charge < -0.3 is 15.0 Å². The minimum atomic E-state index is -0.336. The maximum atomic E-state index is 11.8. The van der Waals surface area contributed by atoms with Crippen molar-refractivity contribution in [1.82, 2.24) is 10.2 Å². The van der Waals surface area contributed by atoms with Gasteiger partial charge in [0.15, 0.2) is 0 Å². The first kappa shape index (κ1) is 15.8. The SMILES string of the molecule is CC1CCN(CC(C)NC(=O)OCc2ccccc2)CC1. The van der Waals surface area contributed by atoms with E-state index in [0.29, 0.717) is 6.61 Å². The van der Waals surface area contributed by atoms with E-state index in [9.17, 15) is 4.79 Å². The molecule has 1 N–H and O–H groups in total. The van der Waals surface area contributed by atoms with Gasteiger partial charge in [-0.1, -0.05) is 37.3 Å². The summed E-state index contributed by atoms with van der Waals surface area (Å²) >= 11 is 0. The van der Waals surface area contributed by atoms with Crippen LogP contribution in [-0.2, 0) is 11.3 Å². The molecule has 1 saturated heterocycles. The molecule has 0 radical (unpaired) electrons. The first-order chi connectivity index (χ1) is 10.1. The molecule has 4 heteroatoms. The number of amides is 1. The van der Waals surface area contributed by atoms with Crippen LogP contribution < -0.4 is 5.32 Å². The maximum absolute atomic E-state index is 11.8. The van der Waals surface area contributed by atoms with Crippen molar-refractivity contribution in [3.63, 3.8) is 0 Å². The van der Waals surface area contributed by atoms with Crippen molar-refractivity contribution in [3.8, 4) is 0 Å². The van der Waals surface area contributed by atoms with Gasteiger partial charge in [0.05, 0.1) is 0 Å². The fraction of sp³-hybridized carbons (Fsp3) is 0.588. The summed E-state index contributed by atoms with van der Waals surface area (Å²) in [6.45, 7) is 7.81. The van der Waals surface area contributed by atoms with Crippen LogP contribution in [0, 0.1) is 5.92 Å². The molecule has 0 aliphatic carbocycles. The molecule has 4 nitrogen and oxygen atoms in total. The molecule has 0 aromatic heterocycles. The molecule has 0 spiro atoms. The number of hydrogen-bond acceptors (Lipinski definition) is 3. The number of hydrogen-bond donors (Lipinski definition) is 1. The molecule has 1 heterocycles. The molecule has 1 fully saturated rings. The average molecular weight is 290 g/mol. The standard InChI is InChI=1S/C17H26N2O2/c1-14-8-10-19(11-9-14)12-15(2)18-17(20)21-13-16-6-4-3-5-7-16/h3-7,14-15H,8-13H2,1-2H3,(H,18,20). The zero-order valence-electron chi connectivity index (χ0n) is 13.0. The van der Waals surface area contributed by atoms with Crippen LogP contribution in [0.3, 0.4) is 0 Å². The first-order valence-corrected chi connectivity index (χ1v) is 7.83. The third-order valence-corrected chi connectivity index (χ3v) is 3.99. The van der Waals surface area contributed by atoms with Crippen molar-refractivity contribution in [2.24, 2.45) is 5.92 Å². The van der Waals surface area contributed by atoms with Crippen LogP contribution in [0.25, 0.3) is 0 Å². The van der Waals surface area contributed by atoms with E-state index in [1.807, 2.05) is 37.3 Å². The number of nitrogens with zero attached hydrogens (tertiary/aromatic N) is 1. The molecule has 1 unspecified atom stereocenters. The molecule has 1 amide bonds. The van der Waals surface area contributed by atoms with Crippen molar-refractivity contribution >= 4 is 6.09 Å². The minimum absolute atomic E-state index is 0.113. The van der Waals surface area contributed by atoms with Gasteiger partial charge in [0.2, 0.25) is 0 Å². The third kappa shape index (κ3) is 5.76. The molecule has 21 heavy (non-hydrogen) atoms. The molecule has 116 valence electrons. The Balaban J connectivity index is 1.65. The van der Waals surface area contributed by atoms with E-state index in [1.54, 1.807) is 0 Å². The number of likely N-dealkylation sites (tertiary alicyclic amines) is 1. The van der Waals surface area contributed by atoms with E-state index in [4.69, 9.17) is 4.74 Å². The minimum Gasteiger partial charge on any atom is -0.445 e. The number of rotatable bonds is 5. The fourth-order valence-corrected chi connectivity index (χ4v) is 2.64. The molecule has 1 aliphatic heterocycles. The zero-order chi connectivity index (χ0) is 15.1. The summed E-state index contributed by atoms with van der Waals surface area (Å²) in [7, 11) is 0. The van der Waals surface area contributed by atoms with Crippen molar-refractivity contribution in [3.05, 3.63) is 35.9 Å². The van der Waals surface area contributed by atoms with E-state index in [1.165, 1.54) is 12.8 Å². The molecule has 0 saturated carbocycles. The van der Waals surface area contributed by atoms with Crippen molar-refractivity contribution in [2.75, 3.05) is 19.6 Å². The van der Waals surface area contributed by atoms with E-state index in [2.05, 4.69) is 17.1 Å². The highest BCUT2D eigenvalue weighted by atomic mass is 16.5. The zero-order valence-corrected chi connectivity index (χ0v) is 13.0. The number of nitrogens with one attached hydrogen (secondary N) is 1. The van der Waals surface area contributed by atoms with Gasteiger partial charge in [-0.05, 0) is 44.3 Å². The van der Waals surface area contributed by atoms with Gasteiger partial charge in [-0.25, -0.2) is 4.79 Å². The Bertz CT molecular complexity index is 428. The Morgan fingerprint density at radius 1 is 1.33 bits per heavy atom. The van der Waals surface area contributed by atoms with Gasteiger partial charge in [0, 0.05) is 12.6 Å². The lowest BCUT2D eigenvalue weighted by molar-refractivity contribution is 0.128. The fourth-order valence-electron chi connectivity index (χ4n) is 2.64. The first-order valence-electron chi connectivity index (χ1n) is 7.83. The Labute approximate surface area is 127 Å². The van der Waals surface area contributed by atoms with E-state index >= 15 is 0 Å². The molecule has 1 aromatic carbocycles. The summed E-state index contributed by atoms with van der Waals surface area (Å²) in [4.78, 5) is 14.2. The predicted octanol–water partition coefficient (Wildman–Crippen LogP) is 3.03. The number of carbonyl (C=O) groups excluding carboxylic acids is 1. The third-order valence-electron chi connectivity index (χ3n) is 3.99. The highest BCUT2D eigenvalue weighted by molar-refractivity contribution is 5.67. The Hall–Kier alpha value is -1.55. The van der Waals surface area contributed by atoms with Crippen LogP contribution in [0.5, 0.6) is 0 Å². The summed E-state index contributed by atoms with van der Waals surface area (Å²) in [5.41, 5.74) is 1.00. The Morgan fingerprint density at radius 3 is 2.67 bits per heavy atom. The number of benzene rings is 1. The summed E-state index contributed by atoms with van der Waals surface area (Å²) in [5.74, 6) is 0.834. The molecule has 1 aliphatic rings. The van der Waals surface area contributed by atoms with Gasteiger partial charge >= 0.3 is 6.09 Å². The number of piperidine rings is 1. The molecular weight excluding hydrogens is 264 g/mol. The summed E-state index contributed by atoms with van der Waals surface area (Å²) in [6, 6.07) is 9.84. The van der Waals surface area contributed by atoms with E-state index in [0.717, 1.165) is 31.1 Å². The molecule has 0 bridgehead atoms. The van der Waals surface area contributed by atoms with Crippen LogP contribution in [-0.4, -0.2) is 36.7 Å². The lowest BCUT2D eigenvalue weighted by atomic mass is 9.99. The second kappa shape index (κ2) is 8.03. The monoisotopic (exact) mass is 290 g/mol.